The molecule has 0 saturated heterocycles. The SMILES string of the molecule is CCNCc1cnc(N(C)c2ccc(OC)cc2)cn1. The molecule has 5 heteroatoms. The Balaban J connectivity index is 2.09. The summed E-state index contributed by atoms with van der Waals surface area (Å²) < 4.78 is 5.15. The van der Waals surface area contributed by atoms with Crippen LogP contribution in [-0.2, 0) is 6.54 Å². The molecule has 0 unspecified atom stereocenters. The molecule has 0 aliphatic rings. The van der Waals surface area contributed by atoms with Crippen LogP contribution in [0.2, 0.25) is 0 Å². The zero-order chi connectivity index (χ0) is 14.4. The van der Waals surface area contributed by atoms with Crippen LogP contribution in [0.4, 0.5) is 11.5 Å². The van der Waals surface area contributed by atoms with E-state index in [0.29, 0.717) is 0 Å². The van der Waals surface area contributed by atoms with Crippen LogP contribution in [0.5, 0.6) is 5.75 Å². The second kappa shape index (κ2) is 6.86. The Morgan fingerprint density at radius 2 is 1.90 bits per heavy atom. The van der Waals surface area contributed by atoms with Crippen LogP contribution in [0.25, 0.3) is 0 Å². The molecule has 0 saturated carbocycles. The van der Waals surface area contributed by atoms with Gasteiger partial charge in [-0.2, -0.15) is 0 Å². The van der Waals surface area contributed by atoms with Gasteiger partial charge in [-0.15, -0.1) is 0 Å². The van der Waals surface area contributed by atoms with Crippen molar-refractivity contribution in [2.45, 2.75) is 13.5 Å². The van der Waals surface area contributed by atoms with Crippen molar-refractivity contribution in [3.8, 4) is 5.75 Å². The van der Waals surface area contributed by atoms with Crippen LogP contribution in [0, 0.1) is 0 Å². The molecule has 0 fully saturated rings. The van der Waals surface area contributed by atoms with Crippen LogP contribution in [0.1, 0.15) is 12.6 Å². The molecule has 5 nitrogen and oxygen atoms in total. The van der Waals surface area contributed by atoms with E-state index in [1.165, 1.54) is 0 Å². The van der Waals surface area contributed by atoms with E-state index in [2.05, 4.69) is 22.2 Å². The van der Waals surface area contributed by atoms with Gasteiger partial charge < -0.3 is 15.0 Å². The molecule has 0 aliphatic heterocycles. The van der Waals surface area contributed by atoms with E-state index in [9.17, 15) is 0 Å². The Hall–Kier alpha value is -2.14. The Morgan fingerprint density at radius 3 is 2.45 bits per heavy atom. The highest BCUT2D eigenvalue weighted by atomic mass is 16.5. The smallest absolute Gasteiger partial charge is 0.151 e. The van der Waals surface area contributed by atoms with Gasteiger partial charge in [-0.3, -0.25) is 4.98 Å². The molecule has 0 aliphatic carbocycles. The number of rotatable bonds is 6. The molecular weight excluding hydrogens is 252 g/mol. The Bertz CT molecular complexity index is 525. The number of hydrogen-bond donors (Lipinski definition) is 1. The van der Waals surface area contributed by atoms with Crippen molar-refractivity contribution in [3.63, 3.8) is 0 Å². The van der Waals surface area contributed by atoms with E-state index < -0.39 is 0 Å². The van der Waals surface area contributed by atoms with E-state index in [1.54, 1.807) is 19.5 Å². The largest absolute Gasteiger partial charge is 0.497 e. The monoisotopic (exact) mass is 272 g/mol. The molecule has 2 aromatic rings. The van der Waals surface area contributed by atoms with Crippen molar-refractivity contribution in [2.24, 2.45) is 0 Å². The number of hydrogen-bond acceptors (Lipinski definition) is 5. The number of methoxy groups -OCH3 is 1. The maximum Gasteiger partial charge on any atom is 0.151 e. The van der Waals surface area contributed by atoms with Crippen molar-refractivity contribution in [1.29, 1.82) is 0 Å². The van der Waals surface area contributed by atoms with E-state index in [-0.39, 0.29) is 0 Å². The first-order valence-corrected chi connectivity index (χ1v) is 6.64. The van der Waals surface area contributed by atoms with Gasteiger partial charge in [0, 0.05) is 19.3 Å². The molecule has 0 bridgehead atoms. The van der Waals surface area contributed by atoms with Gasteiger partial charge in [-0.1, -0.05) is 6.92 Å². The molecule has 0 amide bonds. The average Bonchev–Trinajstić information content (AvgIpc) is 2.53. The van der Waals surface area contributed by atoms with Crippen LogP contribution in [0.15, 0.2) is 36.7 Å². The van der Waals surface area contributed by atoms with Gasteiger partial charge in [0.25, 0.3) is 0 Å². The summed E-state index contributed by atoms with van der Waals surface area (Å²) in [6.45, 7) is 3.74. The molecule has 2 rings (SSSR count). The average molecular weight is 272 g/mol. The van der Waals surface area contributed by atoms with Crippen molar-refractivity contribution in [2.75, 3.05) is 25.6 Å². The first-order valence-electron chi connectivity index (χ1n) is 6.64. The Labute approximate surface area is 119 Å². The molecule has 0 radical (unpaired) electrons. The lowest BCUT2D eigenvalue weighted by Gasteiger charge is -2.18. The van der Waals surface area contributed by atoms with Gasteiger partial charge in [0.2, 0.25) is 0 Å². The normalized spacial score (nSPS) is 10.3. The Morgan fingerprint density at radius 1 is 1.15 bits per heavy atom. The third-order valence-electron chi connectivity index (χ3n) is 3.05. The lowest BCUT2D eigenvalue weighted by atomic mass is 10.3. The van der Waals surface area contributed by atoms with Crippen LogP contribution in [-0.4, -0.2) is 30.7 Å². The third kappa shape index (κ3) is 3.45. The van der Waals surface area contributed by atoms with E-state index in [0.717, 1.165) is 36.0 Å². The summed E-state index contributed by atoms with van der Waals surface area (Å²) in [7, 11) is 3.63. The number of anilines is 2. The topological polar surface area (TPSA) is 50.3 Å². The predicted molar refractivity (Wildman–Crippen MR) is 80.5 cm³/mol. The van der Waals surface area contributed by atoms with Gasteiger partial charge in [0.1, 0.15) is 5.75 Å². The minimum Gasteiger partial charge on any atom is -0.497 e. The number of ether oxygens (including phenoxy) is 1. The lowest BCUT2D eigenvalue weighted by molar-refractivity contribution is 0.415. The van der Waals surface area contributed by atoms with E-state index in [1.807, 2.05) is 36.2 Å². The second-order valence-electron chi connectivity index (χ2n) is 4.40. The van der Waals surface area contributed by atoms with Crippen molar-refractivity contribution < 1.29 is 4.74 Å². The van der Waals surface area contributed by atoms with Crippen molar-refractivity contribution in [1.82, 2.24) is 15.3 Å². The fourth-order valence-electron chi connectivity index (χ4n) is 1.80. The van der Waals surface area contributed by atoms with Crippen molar-refractivity contribution >= 4 is 11.5 Å². The van der Waals surface area contributed by atoms with E-state index in [4.69, 9.17) is 4.74 Å². The zero-order valence-corrected chi connectivity index (χ0v) is 12.1. The van der Waals surface area contributed by atoms with Crippen molar-refractivity contribution in [3.05, 3.63) is 42.4 Å². The van der Waals surface area contributed by atoms with Gasteiger partial charge in [-0.25, -0.2) is 4.98 Å². The minimum absolute atomic E-state index is 0.746. The molecule has 0 atom stereocenters. The van der Waals surface area contributed by atoms with E-state index >= 15 is 0 Å². The first-order chi connectivity index (χ1) is 9.74. The minimum atomic E-state index is 0.746. The third-order valence-corrected chi connectivity index (χ3v) is 3.05. The number of benzene rings is 1. The number of aromatic nitrogens is 2. The van der Waals surface area contributed by atoms with Gasteiger partial charge in [0.05, 0.1) is 25.2 Å². The fraction of sp³-hybridized carbons (Fsp3) is 0.333. The summed E-state index contributed by atoms with van der Waals surface area (Å²) in [6, 6.07) is 7.84. The summed E-state index contributed by atoms with van der Waals surface area (Å²) in [5, 5.41) is 3.23. The highest BCUT2D eigenvalue weighted by Crippen LogP contribution is 2.23. The summed E-state index contributed by atoms with van der Waals surface area (Å²) in [5.41, 5.74) is 1.98. The Kier molecular flexibility index (Phi) is 4.90. The molecule has 20 heavy (non-hydrogen) atoms. The maximum atomic E-state index is 5.15. The van der Waals surface area contributed by atoms with Crippen LogP contribution in [0.3, 0.4) is 0 Å². The summed E-state index contributed by atoms with van der Waals surface area (Å²) >= 11 is 0. The van der Waals surface area contributed by atoms with Gasteiger partial charge in [-0.05, 0) is 30.8 Å². The molecule has 1 N–H and O–H groups in total. The maximum absolute atomic E-state index is 5.15. The molecule has 0 spiro atoms. The standard InChI is InChI=1S/C15H20N4O/c1-4-16-9-12-10-18-15(11-17-12)19(2)13-5-7-14(20-3)8-6-13/h5-8,10-11,16H,4,9H2,1-3H3. The summed E-state index contributed by atoms with van der Waals surface area (Å²) in [5.74, 6) is 1.66. The molecular formula is C15H20N4O. The first kappa shape index (κ1) is 14.3. The highest BCUT2D eigenvalue weighted by Gasteiger charge is 2.06. The van der Waals surface area contributed by atoms with Gasteiger partial charge in [0.15, 0.2) is 5.82 Å². The molecule has 1 aromatic carbocycles. The van der Waals surface area contributed by atoms with Gasteiger partial charge >= 0.3 is 0 Å². The highest BCUT2D eigenvalue weighted by molar-refractivity contribution is 5.59. The number of nitrogens with zero attached hydrogens (tertiary/aromatic N) is 3. The van der Waals surface area contributed by atoms with Crippen LogP contribution < -0.4 is 15.0 Å². The molecule has 1 aromatic heterocycles. The quantitative estimate of drug-likeness (QED) is 0.875. The predicted octanol–water partition coefficient (Wildman–Crippen LogP) is 2.36. The second-order valence-corrected chi connectivity index (χ2v) is 4.40. The fourth-order valence-corrected chi connectivity index (χ4v) is 1.80. The molecule has 1 heterocycles. The lowest BCUT2D eigenvalue weighted by Crippen LogP contribution is -2.15. The molecule has 106 valence electrons. The summed E-state index contributed by atoms with van der Waals surface area (Å²) in [6.07, 6.45) is 3.59. The zero-order valence-electron chi connectivity index (χ0n) is 12.1. The number of nitrogens with one attached hydrogen (secondary N) is 1. The van der Waals surface area contributed by atoms with Crippen LogP contribution >= 0.6 is 0 Å². The summed E-state index contributed by atoms with van der Waals surface area (Å²) in [4.78, 5) is 10.8.